The van der Waals surface area contributed by atoms with Gasteiger partial charge < -0.3 is 10.2 Å². The molecule has 0 aromatic heterocycles. The molecular formula is C16H30N2O2. The molecule has 2 amide bonds. The average molecular weight is 282 g/mol. The van der Waals surface area contributed by atoms with Gasteiger partial charge in [-0.25, -0.2) is 0 Å². The highest BCUT2D eigenvalue weighted by Gasteiger charge is 2.45. The molecule has 3 atom stereocenters. The van der Waals surface area contributed by atoms with Crippen LogP contribution in [0.25, 0.3) is 0 Å². The van der Waals surface area contributed by atoms with Crippen LogP contribution in [0.5, 0.6) is 0 Å². The molecule has 1 heterocycles. The molecule has 4 heteroatoms. The van der Waals surface area contributed by atoms with Crippen molar-refractivity contribution in [2.24, 2.45) is 5.92 Å². The second kappa shape index (κ2) is 7.09. The predicted octanol–water partition coefficient (Wildman–Crippen LogP) is 2.72. The van der Waals surface area contributed by atoms with Crippen LogP contribution >= 0.6 is 0 Å². The maximum Gasteiger partial charge on any atom is 0.248 e. The van der Waals surface area contributed by atoms with Gasteiger partial charge in [-0.1, -0.05) is 40.0 Å². The monoisotopic (exact) mass is 282 g/mol. The highest BCUT2D eigenvalue weighted by Crippen LogP contribution is 2.24. The van der Waals surface area contributed by atoms with E-state index in [1.54, 1.807) is 4.90 Å². The first-order valence-corrected chi connectivity index (χ1v) is 8.02. The Hall–Kier alpha value is -1.06. The van der Waals surface area contributed by atoms with Gasteiger partial charge in [0.1, 0.15) is 11.6 Å². The lowest BCUT2D eigenvalue weighted by atomic mass is 9.90. The molecule has 3 unspecified atom stereocenters. The minimum atomic E-state index is -0.730. The molecule has 0 bridgehead atoms. The van der Waals surface area contributed by atoms with Gasteiger partial charge in [-0.15, -0.1) is 0 Å². The van der Waals surface area contributed by atoms with Crippen LogP contribution in [0.15, 0.2) is 0 Å². The molecule has 1 aliphatic heterocycles. The van der Waals surface area contributed by atoms with Gasteiger partial charge in [0.25, 0.3) is 0 Å². The van der Waals surface area contributed by atoms with Crippen LogP contribution in [-0.2, 0) is 9.59 Å². The van der Waals surface area contributed by atoms with Crippen molar-refractivity contribution in [3.05, 3.63) is 0 Å². The quantitative estimate of drug-likeness (QED) is 0.780. The average Bonchev–Trinajstić information content (AvgIpc) is 2.44. The summed E-state index contributed by atoms with van der Waals surface area (Å²) in [5.41, 5.74) is -0.730. The zero-order valence-electron chi connectivity index (χ0n) is 13.7. The van der Waals surface area contributed by atoms with Gasteiger partial charge in [-0.05, 0) is 32.6 Å². The molecule has 0 aliphatic carbocycles. The summed E-state index contributed by atoms with van der Waals surface area (Å²) in [6.45, 7) is 10.7. The first kappa shape index (κ1) is 17.0. The van der Waals surface area contributed by atoms with E-state index < -0.39 is 5.54 Å². The summed E-state index contributed by atoms with van der Waals surface area (Å²) < 4.78 is 0. The fourth-order valence-electron chi connectivity index (χ4n) is 2.74. The lowest BCUT2D eigenvalue weighted by molar-refractivity contribution is -0.154. The van der Waals surface area contributed by atoms with Crippen LogP contribution in [0.4, 0.5) is 0 Å². The number of carbonyl (C=O) groups excluding carboxylic acids is 2. The number of piperazine rings is 1. The molecule has 1 rings (SSSR count). The summed E-state index contributed by atoms with van der Waals surface area (Å²) in [5.74, 6) is 0.537. The van der Waals surface area contributed by atoms with E-state index in [9.17, 15) is 9.59 Å². The van der Waals surface area contributed by atoms with E-state index in [1.165, 1.54) is 12.8 Å². The summed E-state index contributed by atoms with van der Waals surface area (Å²) in [7, 11) is 0. The third-order valence-electron chi connectivity index (χ3n) is 4.68. The summed E-state index contributed by atoms with van der Waals surface area (Å²) in [5, 5.41) is 2.88. The van der Waals surface area contributed by atoms with Crippen molar-refractivity contribution in [2.45, 2.75) is 78.3 Å². The molecule has 0 aromatic carbocycles. The smallest absolute Gasteiger partial charge is 0.248 e. The molecule has 0 spiro atoms. The molecule has 20 heavy (non-hydrogen) atoms. The normalized spacial score (nSPS) is 28.4. The zero-order chi connectivity index (χ0) is 15.3. The van der Waals surface area contributed by atoms with Crippen LogP contribution in [0.2, 0.25) is 0 Å². The van der Waals surface area contributed by atoms with E-state index in [0.29, 0.717) is 18.9 Å². The molecule has 0 aromatic rings. The molecule has 0 radical (unpaired) electrons. The van der Waals surface area contributed by atoms with E-state index in [0.717, 1.165) is 12.8 Å². The van der Waals surface area contributed by atoms with Crippen molar-refractivity contribution >= 4 is 11.8 Å². The van der Waals surface area contributed by atoms with Crippen LogP contribution < -0.4 is 5.32 Å². The fraction of sp³-hybridized carbons (Fsp3) is 0.875. The summed E-state index contributed by atoms with van der Waals surface area (Å²) in [6.07, 6.45) is 5.18. The number of nitrogens with one attached hydrogen (secondary N) is 1. The number of hydrogen-bond donors (Lipinski definition) is 1. The molecular weight excluding hydrogens is 252 g/mol. The van der Waals surface area contributed by atoms with E-state index >= 15 is 0 Å². The Labute approximate surface area is 123 Å². The first-order chi connectivity index (χ1) is 9.39. The van der Waals surface area contributed by atoms with Crippen molar-refractivity contribution in [1.82, 2.24) is 10.2 Å². The van der Waals surface area contributed by atoms with Crippen LogP contribution in [-0.4, -0.2) is 34.8 Å². The molecule has 1 N–H and O–H groups in total. The van der Waals surface area contributed by atoms with Crippen molar-refractivity contribution in [2.75, 3.05) is 6.54 Å². The number of rotatable bonds is 7. The summed E-state index contributed by atoms with van der Waals surface area (Å²) >= 11 is 0. The Balaban J connectivity index is 2.83. The summed E-state index contributed by atoms with van der Waals surface area (Å²) in [4.78, 5) is 26.6. The lowest BCUT2D eigenvalue weighted by Crippen LogP contribution is -2.68. The van der Waals surface area contributed by atoms with E-state index in [-0.39, 0.29) is 17.9 Å². The number of carbonyl (C=O) groups is 2. The number of nitrogens with zero attached hydrogens (tertiary/aromatic N) is 1. The van der Waals surface area contributed by atoms with Crippen molar-refractivity contribution in [3.63, 3.8) is 0 Å². The van der Waals surface area contributed by atoms with Crippen LogP contribution in [0.1, 0.15) is 66.7 Å². The molecule has 1 fully saturated rings. The highest BCUT2D eigenvalue weighted by molar-refractivity contribution is 5.99. The van der Waals surface area contributed by atoms with Gasteiger partial charge in [0.15, 0.2) is 0 Å². The van der Waals surface area contributed by atoms with E-state index in [1.807, 2.05) is 20.8 Å². The standard InChI is InChI=1S/C16H30N2O2/c1-6-9-10-13(7-2)11-18-12(4)14(19)17-16(5,8-3)15(18)20/h12-13H,6-11H2,1-5H3,(H,17,19). The third-order valence-corrected chi connectivity index (χ3v) is 4.68. The fourth-order valence-corrected chi connectivity index (χ4v) is 2.74. The molecule has 1 aliphatic rings. The largest absolute Gasteiger partial charge is 0.340 e. The number of unbranched alkanes of at least 4 members (excludes halogenated alkanes) is 1. The Morgan fingerprint density at radius 3 is 2.45 bits per heavy atom. The van der Waals surface area contributed by atoms with Crippen molar-refractivity contribution < 1.29 is 9.59 Å². The summed E-state index contributed by atoms with van der Waals surface area (Å²) in [6, 6.07) is -0.349. The Morgan fingerprint density at radius 1 is 1.30 bits per heavy atom. The number of hydrogen-bond acceptors (Lipinski definition) is 2. The number of amides is 2. The highest BCUT2D eigenvalue weighted by atomic mass is 16.2. The topological polar surface area (TPSA) is 49.4 Å². The Bertz CT molecular complexity index is 356. The predicted molar refractivity (Wildman–Crippen MR) is 81.3 cm³/mol. The minimum Gasteiger partial charge on any atom is -0.340 e. The SMILES string of the molecule is CCCCC(CC)CN1C(=O)C(C)(CC)NC(=O)C1C. The van der Waals surface area contributed by atoms with Gasteiger partial charge >= 0.3 is 0 Å². The zero-order valence-corrected chi connectivity index (χ0v) is 13.7. The second-order valence-electron chi connectivity index (χ2n) is 6.22. The minimum absolute atomic E-state index is 0.0284. The van der Waals surface area contributed by atoms with Crippen LogP contribution in [0.3, 0.4) is 0 Å². The maximum absolute atomic E-state index is 12.7. The van der Waals surface area contributed by atoms with Crippen molar-refractivity contribution in [3.8, 4) is 0 Å². The third kappa shape index (κ3) is 3.53. The van der Waals surface area contributed by atoms with Gasteiger partial charge in [0, 0.05) is 6.54 Å². The van der Waals surface area contributed by atoms with Gasteiger partial charge in [0.2, 0.25) is 11.8 Å². The second-order valence-corrected chi connectivity index (χ2v) is 6.22. The Kier molecular flexibility index (Phi) is 6.03. The van der Waals surface area contributed by atoms with Crippen molar-refractivity contribution in [1.29, 1.82) is 0 Å². The first-order valence-electron chi connectivity index (χ1n) is 8.02. The van der Waals surface area contributed by atoms with Gasteiger partial charge in [-0.3, -0.25) is 9.59 Å². The van der Waals surface area contributed by atoms with Crippen LogP contribution in [0, 0.1) is 5.92 Å². The van der Waals surface area contributed by atoms with E-state index in [2.05, 4.69) is 19.2 Å². The van der Waals surface area contributed by atoms with Gasteiger partial charge in [-0.2, -0.15) is 0 Å². The van der Waals surface area contributed by atoms with Gasteiger partial charge in [0.05, 0.1) is 0 Å². The van der Waals surface area contributed by atoms with E-state index in [4.69, 9.17) is 0 Å². The maximum atomic E-state index is 12.7. The lowest BCUT2D eigenvalue weighted by Gasteiger charge is -2.44. The molecule has 116 valence electrons. The molecule has 4 nitrogen and oxygen atoms in total. The Morgan fingerprint density at radius 2 is 1.95 bits per heavy atom. The molecule has 0 saturated carbocycles. The molecule has 1 saturated heterocycles.